The van der Waals surface area contributed by atoms with Gasteiger partial charge in [-0.1, -0.05) is 31.5 Å². The molecule has 0 saturated carbocycles. The number of carbonyl (C=O) groups excluding carboxylic acids is 2. The molecule has 9 nitrogen and oxygen atoms in total. The molecule has 3 aromatic carbocycles. The van der Waals surface area contributed by atoms with Crippen molar-refractivity contribution in [3.8, 4) is 11.5 Å². The fourth-order valence-electron chi connectivity index (χ4n) is 4.11. The van der Waals surface area contributed by atoms with Crippen LogP contribution in [0.2, 0.25) is 0 Å². The second-order valence-electron chi connectivity index (χ2n) is 8.75. The van der Waals surface area contributed by atoms with Gasteiger partial charge in [-0.25, -0.2) is 8.42 Å². The van der Waals surface area contributed by atoms with Crippen LogP contribution in [0.25, 0.3) is 0 Å². The molecule has 0 atom stereocenters. The molecule has 1 heterocycles. The third kappa shape index (κ3) is 5.98. The van der Waals surface area contributed by atoms with E-state index in [1.807, 2.05) is 31.2 Å². The van der Waals surface area contributed by atoms with Crippen LogP contribution in [0.15, 0.2) is 71.6 Å². The van der Waals surface area contributed by atoms with Gasteiger partial charge >= 0.3 is 0 Å². The Hall–Kier alpha value is -3.89. The minimum Gasteiger partial charge on any atom is -0.492 e. The van der Waals surface area contributed by atoms with Crippen molar-refractivity contribution in [2.75, 3.05) is 43.1 Å². The number of carbonyl (C=O) groups is 2. The molecule has 0 aromatic heterocycles. The van der Waals surface area contributed by atoms with Gasteiger partial charge in [-0.05, 0) is 61.5 Å². The minimum absolute atomic E-state index is 0.0774. The average Bonchev–Trinajstić information content (AvgIpc) is 2.91. The summed E-state index contributed by atoms with van der Waals surface area (Å²) < 4.78 is 38.1. The zero-order valence-corrected chi connectivity index (χ0v) is 22.5. The third-order valence-corrected chi connectivity index (χ3v) is 8.29. The van der Waals surface area contributed by atoms with Gasteiger partial charge in [0.25, 0.3) is 11.8 Å². The molecule has 0 bridgehead atoms. The summed E-state index contributed by atoms with van der Waals surface area (Å²) in [6.45, 7) is 6.79. The highest BCUT2D eigenvalue weighted by atomic mass is 32.2. The SMILES string of the molecule is CCN(CC)S(=O)(=O)c1ccc(C(=O)Nc2ccc3c(c2)N(CCOc2ccc(C)cc2)C(=O)CO3)cc1. The van der Waals surface area contributed by atoms with Crippen LogP contribution in [0.4, 0.5) is 11.4 Å². The molecule has 1 aliphatic heterocycles. The van der Waals surface area contributed by atoms with Crippen molar-refractivity contribution in [1.82, 2.24) is 4.31 Å². The Balaban J connectivity index is 1.45. The predicted molar refractivity (Wildman–Crippen MR) is 145 cm³/mol. The maximum atomic E-state index is 12.9. The molecule has 0 unspecified atom stereocenters. The van der Waals surface area contributed by atoms with Gasteiger partial charge in [0.05, 0.1) is 17.1 Å². The van der Waals surface area contributed by atoms with Crippen molar-refractivity contribution in [1.29, 1.82) is 0 Å². The van der Waals surface area contributed by atoms with E-state index in [0.717, 1.165) is 5.56 Å². The van der Waals surface area contributed by atoms with Gasteiger partial charge in [-0.15, -0.1) is 0 Å². The zero-order valence-electron chi connectivity index (χ0n) is 21.6. The Labute approximate surface area is 223 Å². The summed E-state index contributed by atoms with van der Waals surface area (Å²) in [5, 5.41) is 2.81. The zero-order chi connectivity index (χ0) is 27.3. The molecule has 200 valence electrons. The standard InChI is InChI=1S/C28H31N3O6S/c1-4-30(5-2)38(34,35)24-13-8-21(9-14-24)28(33)29-22-10-15-26-25(18-22)31(27(32)19-37-26)16-17-36-23-11-6-20(3)7-12-23/h6-15,18H,4-5,16-17,19H2,1-3H3,(H,29,33). The van der Waals surface area contributed by atoms with E-state index in [1.165, 1.54) is 28.6 Å². The van der Waals surface area contributed by atoms with Crippen molar-refractivity contribution in [2.24, 2.45) is 0 Å². The number of aryl methyl sites for hydroxylation is 1. The van der Waals surface area contributed by atoms with Crippen LogP contribution < -0.4 is 19.7 Å². The van der Waals surface area contributed by atoms with Crippen LogP contribution in [-0.4, -0.2) is 57.4 Å². The Morgan fingerprint density at radius 1 is 1.03 bits per heavy atom. The number of amides is 2. The topological polar surface area (TPSA) is 105 Å². The smallest absolute Gasteiger partial charge is 0.265 e. The number of benzene rings is 3. The van der Waals surface area contributed by atoms with Crippen molar-refractivity contribution >= 4 is 33.2 Å². The lowest BCUT2D eigenvalue weighted by molar-refractivity contribution is -0.121. The highest BCUT2D eigenvalue weighted by Gasteiger charge is 2.26. The monoisotopic (exact) mass is 537 g/mol. The van der Waals surface area contributed by atoms with Crippen LogP contribution in [0, 0.1) is 6.92 Å². The first-order chi connectivity index (χ1) is 18.2. The normalized spacial score (nSPS) is 13.2. The number of nitrogens with one attached hydrogen (secondary N) is 1. The van der Waals surface area contributed by atoms with Gasteiger partial charge in [0.15, 0.2) is 6.61 Å². The fraction of sp³-hybridized carbons (Fsp3) is 0.286. The molecule has 0 radical (unpaired) electrons. The summed E-state index contributed by atoms with van der Waals surface area (Å²) in [7, 11) is -3.61. The summed E-state index contributed by atoms with van der Waals surface area (Å²) in [4.78, 5) is 27.2. The van der Waals surface area contributed by atoms with Crippen LogP contribution in [0.5, 0.6) is 11.5 Å². The largest absolute Gasteiger partial charge is 0.492 e. The quantitative estimate of drug-likeness (QED) is 0.418. The number of sulfonamides is 1. The Bertz CT molecular complexity index is 1400. The Kier molecular flexibility index (Phi) is 8.33. The maximum Gasteiger partial charge on any atom is 0.265 e. The van der Waals surface area contributed by atoms with Crippen LogP contribution in [0.1, 0.15) is 29.8 Å². The highest BCUT2D eigenvalue weighted by Crippen LogP contribution is 2.34. The molecule has 0 saturated heterocycles. The summed E-state index contributed by atoms with van der Waals surface area (Å²) >= 11 is 0. The number of anilines is 2. The van der Waals surface area contributed by atoms with Crippen LogP contribution in [0.3, 0.4) is 0 Å². The van der Waals surface area contributed by atoms with E-state index in [-0.39, 0.29) is 24.0 Å². The first-order valence-corrected chi connectivity index (χ1v) is 13.8. The molecule has 0 spiro atoms. The molecule has 3 aromatic rings. The first kappa shape index (κ1) is 27.2. The molecule has 1 N–H and O–H groups in total. The number of fused-ring (bicyclic) bond motifs is 1. The third-order valence-electron chi connectivity index (χ3n) is 6.22. The lowest BCUT2D eigenvalue weighted by Crippen LogP contribution is -2.41. The molecule has 38 heavy (non-hydrogen) atoms. The Morgan fingerprint density at radius 2 is 1.71 bits per heavy atom. The Morgan fingerprint density at radius 3 is 2.37 bits per heavy atom. The molecule has 0 aliphatic carbocycles. The summed E-state index contributed by atoms with van der Waals surface area (Å²) in [6, 6.07) is 18.5. The van der Waals surface area contributed by atoms with Gasteiger partial charge < -0.3 is 19.7 Å². The predicted octanol–water partition coefficient (Wildman–Crippen LogP) is 4.08. The number of nitrogens with zero attached hydrogens (tertiary/aromatic N) is 2. The summed E-state index contributed by atoms with van der Waals surface area (Å²) in [5.41, 5.74) is 2.44. The number of rotatable bonds is 10. The van der Waals surface area contributed by atoms with Gasteiger partial charge in [0.2, 0.25) is 10.0 Å². The molecule has 1 aliphatic rings. The lowest BCUT2D eigenvalue weighted by atomic mass is 10.1. The first-order valence-electron chi connectivity index (χ1n) is 12.4. The second kappa shape index (κ2) is 11.7. The maximum absolute atomic E-state index is 12.9. The van der Waals surface area contributed by atoms with Gasteiger partial charge in [-0.3, -0.25) is 9.59 Å². The van der Waals surface area contributed by atoms with Crippen molar-refractivity contribution in [3.63, 3.8) is 0 Å². The minimum atomic E-state index is -3.61. The van der Waals surface area contributed by atoms with Gasteiger partial charge in [0.1, 0.15) is 18.1 Å². The van der Waals surface area contributed by atoms with Gasteiger partial charge in [-0.2, -0.15) is 4.31 Å². The molecule has 2 amide bonds. The lowest BCUT2D eigenvalue weighted by Gasteiger charge is -2.29. The van der Waals surface area contributed by atoms with E-state index in [1.54, 1.807) is 36.9 Å². The van der Waals surface area contributed by atoms with E-state index in [9.17, 15) is 18.0 Å². The van der Waals surface area contributed by atoms with Gasteiger partial charge in [0, 0.05) is 24.3 Å². The van der Waals surface area contributed by atoms with E-state index < -0.39 is 15.9 Å². The number of hydrogen-bond acceptors (Lipinski definition) is 6. The molecule has 0 fully saturated rings. The number of hydrogen-bond donors (Lipinski definition) is 1. The summed E-state index contributed by atoms with van der Waals surface area (Å²) in [5.74, 6) is 0.630. The second-order valence-corrected chi connectivity index (χ2v) is 10.7. The van der Waals surface area contributed by atoms with Crippen LogP contribution in [-0.2, 0) is 14.8 Å². The molecular formula is C28H31N3O6S. The average molecular weight is 538 g/mol. The van der Waals surface area contributed by atoms with Crippen molar-refractivity contribution < 1.29 is 27.5 Å². The van der Waals surface area contributed by atoms with E-state index >= 15 is 0 Å². The fourth-order valence-corrected chi connectivity index (χ4v) is 5.57. The highest BCUT2D eigenvalue weighted by molar-refractivity contribution is 7.89. The van der Waals surface area contributed by atoms with Crippen molar-refractivity contribution in [2.45, 2.75) is 25.7 Å². The summed E-state index contributed by atoms with van der Waals surface area (Å²) in [6.07, 6.45) is 0. The van der Waals surface area contributed by atoms with E-state index in [2.05, 4.69) is 5.32 Å². The number of ether oxygens (including phenoxy) is 2. The van der Waals surface area contributed by atoms with E-state index in [4.69, 9.17) is 9.47 Å². The van der Waals surface area contributed by atoms with Crippen LogP contribution >= 0.6 is 0 Å². The van der Waals surface area contributed by atoms with Crippen molar-refractivity contribution in [3.05, 3.63) is 77.9 Å². The molecular weight excluding hydrogens is 506 g/mol. The molecule has 4 rings (SSSR count). The molecule has 10 heteroatoms. The van der Waals surface area contributed by atoms with E-state index in [0.29, 0.717) is 48.1 Å².